The second-order valence-electron chi connectivity index (χ2n) is 11.6. The lowest BCUT2D eigenvalue weighted by Gasteiger charge is -2.32. The molecule has 7 nitrogen and oxygen atoms in total. The fourth-order valence-corrected chi connectivity index (χ4v) is 5.74. The summed E-state index contributed by atoms with van der Waals surface area (Å²) < 4.78 is 0. The fourth-order valence-electron chi connectivity index (χ4n) is 5.74. The molecule has 1 amide bonds. The van der Waals surface area contributed by atoms with Crippen LogP contribution in [0.2, 0.25) is 0 Å². The van der Waals surface area contributed by atoms with Crippen LogP contribution >= 0.6 is 0 Å². The van der Waals surface area contributed by atoms with E-state index >= 15 is 0 Å². The molecule has 0 N–H and O–H groups in total. The molecule has 0 saturated carbocycles. The van der Waals surface area contributed by atoms with Gasteiger partial charge in [0.2, 0.25) is 5.91 Å². The zero-order valence-corrected chi connectivity index (χ0v) is 26.8. The topological polar surface area (TPSA) is 54.8 Å². The molecule has 1 fully saturated rings. The lowest BCUT2D eigenvalue weighted by Crippen LogP contribution is -2.37. The molecule has 2 aliphatic rings. The Labute approximate surface area is 249 Å². The number of benzene rings is 1. The Hall–Kier alpha value is -3.35. The van der Waals surface area contributed by atoms with Gasteiger partial charge in [0, 0.05) is 83.4 Å². The van der Waals surface area contributed by atoms with Crippen LogP contribution in [0.1, 0.15) is 70.1 Å². The van der Waals surface area contributed by atoms with Gasteiger partial charge in [0.05, 0.1) is 11.8 Å². The first kappa shape index (κ1) is 32.2. The van der Waals surface area contributed by atoms with Gasteiger partial charge in [-0.05, 0) is 76.7 Å². The molecule has 0 radical (unpaired) electrons. The Morgan fingerprint density at radius 1 is 1.02 bits per heavy atom. The van der Waals surface area contributed by atoms with Crippen LogP contribution in [0.4, 0.5) is 0 Å². The number of carbonyl (C=O) groups excluding carboxylic acids is 1. The number of aliphatic imine (C=N–C) groups is 2. The number of likely N-dealkylation sites (N-methyl/N-ethyl adjacent to an activating group) is 1. The molecule has 3 rings (SSSR count). The number of allylic oxidation sites excluding steroid dienone is 2. The van der Waals surface area contributed by atoms with E-state index in [1.165, 1.54) is 29.5 Å². The highest BCUT2D eigenvalue weighted by molar-refractivity contribution is 6.01. The van der Waals surface area contributed by atoms with Gasteiger partial charge in [-0.25, -0.2) is 4.99 Å². The second-order valence-corrected chi connectivity index (χ2v) is 11.6. The predicted octanol–water partition coefficient (Wildman–Crippen LogP) is 5.78. The number of rotatable bonds is 1. The molecule has 7 heteroatoms. The summed E-state index contributed by atoms with van der Waals surface area (Å²) in [5.41, 5.74) is 7.72. The first-order chi connectivity index (χ1) is 19.5. The van der Waals surface area contributed by atoms with Crippen molar-refractivity contribution in [1.29, 1.82) is 0 Å². The van der Waals surface area contributed by atoms with Crippen LogP contribution < -0.4 is 0 Å². The van der Waals surface area contributed by atoms with E-state index in [1.54, 1.807) is 6.92 Å². The molecule has 0 bridgehead atoms. The van der Waals surface area contributed by atoms with E-state index in [0.717, 1.165) is 74.1 Å². The fraction of sp³-hybridized carbons (Fsp3) is 0.559. The lowest BCUT2D eigenvalue weighted by atomic mass is 9.96. The molecule has 0 aromatic heterocycles. The summed E-state index contributed by atoms with van der Waals surface area (Å²) in [6.45, 7) is 19.0. The molecule has 1 aromatic rings. The van der Waals surface area contributed by atoms with Crippen molar-refractivity contribution >= 4 is 23.2 Å². The average Bonchev–Trinajstić information content (AvgIpc) is 3.48. The highest BCUT2D eigenvalue weighted by Gasteiger charge is 2.22. The van der Waals surface area contributed by atoms with Crippen molar-refractivity contribution in [2.45, 2.75) is 72.8 Å². The lowest BCUT2D eigenvalue weighted by molar-refractivity contribution is -0.129. The number of amidine groups is 1. The minimum absolute atomic E-state index is 0.0694. The Balaban J connectivity index is 2.09. The molecular weight excluding hydrogens is 508 g/mol. The van der Waals surface area contributed by atoms with E-state index < -0.39 is 0 Å². The third-order valence-electron chi connectivity index (χ3n) is 8.50. The van der Waals surface area contributed by atoms with Crippen LogP contribution in [-0.4, -0.2) is 97.0 Å². The normalized spacial score (nSPS) is 25.4. The van der Waals surface area contributed by atoms with Gasteiger partial charge in [0.1, 0.15) is 5.84 Å². The van der Waals surface area contributed by atoms with Gasteiger partial charge in [0.25, 0.3) is 0 Å². The molecule has 41 heavy (non-hydrogen) atoms. The summed E-state index contributed by atoms with van der Waals surface area (Å²) in [5.74, 6) is 1.11. The van der Waals surface area contributed by atoms with Crippen molar-refractivity contribution in [3.05, 3.63) is 65.0 Å². The molecular formula is C34H52N6O. The Kier molecular flexibility index (Phi) is 11.8. The van der Waals surface area contributed by atoms with Crippen LogP contribution in [0.5, 0.6) is 0 Å². The number of nitrogens with zero attached hydrogens (tertiary/aromatic N) is 6. The zero-order chi connectivity index (χ0) is 30.1. The summed E-state index contributed by atoms with van der Waals surface area (Å²) in [6, 6.07) is 6.71. The first-order valence-corrected chi connectivity index (χ1v) is 15.2. The number of hydrogen-bond donors (Lipinski definition) is 0. The van der Waals surface area contributed by atoms with Crippen LogP contribution in [0.3, 0.4) is 0 Å². The number of fused-ring (bicyclic) bond motifs is 1. The molecule has 2 aliphatic heterocycles. The van der Waals surface area contributed by atoms with Gasteiger partial charge in [-0.1, -0.05) is 31.2 Å². The monoisotopic (exact) mass is 560 g/mol. The van der Waals surface area contributed by atoms with Gasteiger partial charge in [-0.2, -0.15) is 0 Å². The van der Waals surface area contributed by atoms with Gasteiger partial charge >= 0.3 is 0 Å². The van der Waals surface area contributed by atoms with E-state index in [-0.39, 0.29) is 11.9 Å². The molecule has 0 spiro atoms. The quantitative estimate of drug-likeness (QED) is 0.437. The van der Waals surface area contributed by atoms with Crippen LogP contribution in [0.15, 0.2) is 58.3 Å². The van der Waals surface area contributed by atoms with Crippen LogP contribution in [0, 0.1) is 6.92 Å². The molecule has 2 heterocycles. The van der Waals surface area contributed by atoms with Crippen molar-refractivity contribution < 1.29 is 4.79 Å². The van der Waals surface area contributed by atoms with E-state index in [0.29, 0.717) is 6.54 Å². The molecule has 1 atom stereocenters. The standard InChI is InChI=1S/C34H52N6O/c1-10-33-32(35-7)23-26(3)36-34(40-17-11-12-18-40)24-27(4)37(8)20-21-39(29(6)41)19-13-14-30-16-15-25(2)22-31(30)28(5)38(33)9/h15-16,22-24,33H,5,10-14,17-21H2,1-4,6-9H3/b26-23+,27-24+,35-32?,36-34-. The highest BCUT2D eigenvalue weighted by atomic mass is 16.2. The zero-order valence-electron chi connectivity index (χ0n) is 26.8. The number of likely N-dealkylation sites (tertiary alicyclic amines) is 1. The Bertz CT molecular complexity index is 1200. The maximum absolute atomic E-state index is 12.6. The Morgan fingerprint density at radius 2 is 1.73 bits per heavy atom. The van der Waals surface area contributed by atoms with E-state index in [2.05, 4.69) is 93.4 Å². The van der Waals surface area contributed by atoms with E-state index in [1.807, 2.05) is 11.9 Å². The summed E-state index contributed by atoms with van der Waals surface area (Å²) in [5, 5.41) is 0. The van der Waals surface area contributed by atoms with Gasteiger partial charge < -0.3 is 19.6 Å². The molecule has 0 aliphatic carbocycles. The van der Waals surface area contributed by atoms with Crippen molar-refractivity contribution in [3.8, 4) is 0 Å². The minimum atomic E-state index is 0.0694. The maximum Gasteiger partial charge on any atom is 0.219 e. The molecule has 224 valence electrons. The highest BCUT2D eigenvalue weighted by Crippen LogP contribution is 2.27. The predicted molar refractivity (Wildman–Crippen MR) is 174 cm³/mol. The second kappa shape index (κ2) is 15.0. The van der Waals surface area contributed by atoms with E-state index in [9.17, 15) is 4.79 Å². The maximum atomic E-state index is 12.6. The molecule has 1 unspecified atom stereocenters. The van der Waals surface area contributed by atoms with Crippen molar-refractivity contribution in [2.24, 2.45) is 9.98 Å². The number of carbonyl (C=O) groups is 1. The average molecular weight is 561 g/mol. The van der Waals surface area contributed by atoms with Gasteiger partial charge in [0.15, 0.2) is 0 Å². The minimum Gasteiger partial charge on any atom is -0.376 e. The number of aryl methyl sites for hydroxylation is 2. The summed E-state index contributed by atoms with van der Waals surface area (Å²) >= 11 is 0. The van der Waals surface area contributed by atoms with Crippen molar-refractivity contribution in [3.63, 3.8) is 0 Å². The molecule has 1 saturated heterocycles. The van der Waals surface area contributed by atoms with Gasteiger partial charge in [-0.3, -0.25) is 9.79 Å². The largest absolute Gasteiger partial charge is 0.376 e. The van der Waals surface area contributed by atoms with Gasteiger partial charge in [-0.15, -0.1) is 0 Å². The first-order valence-electron chi connectivity index (χ1n) is 15.2. The number of hydrogen-bond acceptors (Lipinski definition) is 6. The summed E-state index contributed by atoms with van der Waals surface area (Å²) in [6.07, 6.45) is 9.39. The van der Waals surface area contributed by atoms with Crippen LogP contribution in [-0.2, 0) is 11.2 Å². The van der Waals surface area contributed by atoms with Crippen molar-refractivity contribution in [1.82, 2.24) is 19.6 Å². The third kappa shape index (κ3) is 8.57. The van der Waals surface area contributed by atoms with E-state index in [4.69, 9.17) is 9.98 Å². The summed E-state index contributed by atoms with van der Waals surface area (Å²) in [7, 11) is 6.10. The Morgan fingerprint density at radius 3 is 2.37 bits per heavy atom. The summed E-state index contributed by atoms with van der Waals surface area (Å²) in [4.78, 5) is 31.3. The number of amides is 1. The van der Waals surface area contributed by atoms with Crippen LogP contribution in [0.25, 0.3) is 5.70 Å². The molecule has 1 aromatic carbocycles. The van der Waals surface area contributed by atoms with Crippen molar-refractivity contribution in [2.75, 3.05) is 53.9 Å². The SMILES string of the molecule is C=C1c2cc(C)ccc2CCCN(C(C)=O)CCN(C)/C(C)=C/C(N2CCCC2)=N/C(C)=C/C(=NC)C(CC)N1C. The third-order valence-corrected chi connectivity index (χ3v) is 8.50. The smallest absolute Gasteiger partial charge is 0.219 e.